The van der Waals surface area contributed by atoms with Gasteiger partial charge in [-0.05, 0) is 35.4 Å². The fourth-order valence-corrected chi connectivity index (χ4v) is 3.80. The fraction of sp³-hybridized carbons (Fsp3) is 0.111. The Kier molecular flexibility index (Phi) is 8.08. The van der Waals surface area contributed by atoms with E-state index in [0.717, 1.165) is 5.56 Å². The number of hydrogen-bond donors (Lipinski definition) is 0. The minimum Gasteiger partial charge on any atom is -0.460 e. The number of esters is 1. The van der Waals surface area contributed by atoms with Crippen LogP contribution >= 0.6 is 23.2 Å². The summed E-state index contributed by atoms with van der Waals surface area (Å²) in [6, 6.07) is 24.5. The molecule has 8 heteroatoms. The zero-order valence-electron chi connectivity index (χ0n) is 18.6. The number of carbonyl (C=O) groups is 2. The Morgan fingerprint density at radius 3 is 2.29 bits per heavy atom. The van der Waals surface area contributed by atoms with Crippen LogP contribution in [-0.4, -0.2) is 21.8 Å². The van der Waals surface area contributed by atoms with Gasteiger partial charge >= 0.3 is 5.97 Å². The average molecular weight is 506 g/mol. The first-order valence-corrected chi connectivity index (χ1v) is 11.6. The minimum atomic E-state index is -1.21. The van der Waals surface area contributed by atoms with Crippen LogP contribution in [0.3, 0.4) is 0 Å². The predicted octanol–water partition coefficient (Wildman–Crippen LogP) is 5.84. The van der Waals surface area contributed by atoms with Gasteiger partial charge in [-0.1, -0.05) is 83.9 Å². The van der Waals surface area contributed by atoms with Gasteiger partial charge in [-0.25, -0.2) is 9.97 Å². The van der Waals surface area contributed by atoms with Gasteiger partial charge in [0.1, 0.15) is 17.6 Å². The highest BCUT2D eigenvalue weighted by molar-refractivity contribution is 6.31. The molecule has 6 nitrogen and oxygen atoms in total. The SMILES string of the molecule is O=C(OCc1ccccc1Cl)C(C(=O)N(Cc1ccc(Cl)nc1)c1ccccn1)c1ccccc1. The lowest BCUT2D eigenvalue weighted by molar-refractivity contribution is -0.149. The molecule has 0 spiro atoms. The molecule has 2 aromatic carbocycles. The highest BCUT2D eigenvalue weighted by Crippen LogP contribution is 2.26. The number of anilines is 1. The standard InChI is InChI=1S/C27H21Cl2N3O3/c28-22-11-5-4-10-21(22)18-35-27(34)25(20-8-2-1-3-9-20)26(33)32(24-12-6-7-15-30-24)17-19-13-14-23(29)31-16-19/h1-16,25H,17-18H2. The number of ether oxygens (including phenoxy) is 1. The smallest absolute Gasteiger partial charge is 0.323 e. The number of nitrogens with zero attached hydrogens (tertiary/aromatic N) is 3. The van der Waals surface area contributed by atoms with E-state index in [1.807, 2.05) is 6.07 Å². The van der Waals surface area contributed by atoms with E-state index in [0.29, 0.717) is 27.1 Å². The Morgan fingerprint density at radius 2 is 1.60 bits per heavy atom. The van der Waals surface area contributed by atoms with Crippen molar-refractivity contribution in [1.82, 2.24) is 9.97 Å². The van der Waals surface area contributed by atoms with Gasteiger partial charge in [-0.2, -0.15) is 0 Å². The van der Waals surface area contributed by atoms with Gasteiger partial charge in [0, 0.05) is 23.0 Å². The van der Waals surface area contributed by atoms with Crippen molar-refractivity contribution in [3.63, 3.8) is 0 Å². The molecule has 0 aliphatic heterocycles. The quantitative estimate of drug-likeness (QED) is 0.171. The Morgan fingerprint density at radius 1 is 0.857 bits per heavy atom. The molecule has 2 heterocycles. The van der Waals surface area contributed by atoms with Crippen molar-refractivity contribution in [3.05, 3.63) is 124 Å². The fourth-order valence-electron chi connectivity index (χ4n) is 3.50. The first-order valence-electron chi connectivity index (χ1n) is 10.8. The summed E-state index contributed by atoms with van der Waals surface area (Å²) in [5, 5.41) is 0.822. The number of halogens is 2. The van der Waals surface area contributed by atoms with E-state index in [9.17, 15) is 9.59 Å². The van der Waals surface area contributed by atoms with Crippen molar-refractivity contribution in [2.75, 3.05) is 4.90 Å². The largest absolute Gasteiger partial charge is 0.460 e. The summed E-state index contributed by atoms with van der Waals surface area (Å²) in [7, 11) is 0. The number of amides is 1. The molecule has 0 bridgehead atoms. The summed E-state index contributed by atoms with van der Waals surface area (Å²) in [6.45, 7) is 0.0843. The van der Waals surface area contributed by atoms with Crippen LogP contribution in [-0.2, 0) is 27.5 Å². The lowest BCUT2D eigenvalue weighted by atomic mass is 9.97. The molecular formula is C27H21Cl2N3O3. The van der Waals surface area contributed by atoms with Gasteiger partial charge in [0.2, 0.25) is 5.91 Å². The molecule has 2 aromatic heterocycles. The molecule has 35 heavy (non-hydrogen) atoms. The molecule has 0 saturated carbocycles. The molecule has 0 radical (unpaired) electrons. The van der Waals surface area contributed by atoms with Crippen LogP contribution in [0.4, 0.5) is 5.82 Å². The number of rotatable bonds is 8. The molecule has 4 aromatic rings. The molecular weight excluding hydrogens is 485 g/mol. The molecule has 1 amide bonds. The van der Waals surface area contributed by atoms with Crippen molar-refractivity contribution in [3.8, 4) is 0 Å². The van der Waals surface area contributed by atoms with Crippen LogP contribution < -0.4 is 4.90 Å². The van der Waals surface area contributed by atoms with E-state index < -0.39 is 17.8 Å². The zero-order valence-corrected chi connectivity index (χ0v) is 20.1. The Labute approximate surface area is 213 Å². The maximum Gasteiger partial charge on any atom is 0.323 e. The van der Waals surface area contributed by atoms with Crippen LogP contribution in [0.25, 0.3) is 0 Å². The zero-order chi connectivity index (χ0) is 24.6. The molecule has 1 unspecified atom stereocenters. The summed E-state index contributed by atoms with van der Waals surface area (Å²) in [5.41, 5.74) is 1.89. The number of benzene rings is 2. The van der Waals surface area contributed by atoms with E-state index in [-0.39, 0.29) is 13.2 Å². The second-order valence-electron chi connectivity index (χ2n) is 7.64. The van der Waals surface area contributed by atoms with Crippen LogP contribution in [0.1, 0.15) is 22.6 Å². The number of pyridine rings is 2. The lowest BCUT2D eigenvalue weighted by Gasteiger charge is -2.26. The number of hydrogen-bond acceptors (Lipinski definition) is 5. The molecule has 0 N–H and O–H groups in total. The number of aromatic nitrogens is 2. The highest BCUT2D eigenvalue weighted by atomic mass is 35.5. The maximum absolute atomic E-state index is 13.9. The molecule has 4 rings (SSSR count). The van der Waals surface area contributed by atoms with E-state index in [1.54, 1.807) is 91.3 Å². The number of carbonyl (C=O) groups excluding carboxylic acids is 2. The summed E-state index contributed by atoms with van der Waals surface area (Å²) < 4.78 is 5.58. The van der Waals surface area contributed by atoms with E-state index in [4.69, 9.17) is 27.9 Å². The van der Waals surface area contributed by atoms with Gasteiger partial charge in [-0.3, -0.25) is 14.5 Å². The van der Waals surface area contributed by atoms with Crippen molar-refractivity contribution in [2.24, 2.45) is 0 Å². The van der Waals surface area contributed by atoms with Crippen LogP contribution in [0.15, 0.2) is 97.3 Å². The Bertz CT molecular complexity index is 1290. The van der Waals surface area contributed by atoms with Gasteiger partial charge in [0.15, 0.2) is 5.92 Å². The molecule has 0 aliphatic rings. The Balaban J connectivity index is 1.66. The van der Waals surface area contributed by atoms with E-state index >= 15 is 0 Å². The predicted molar refractivity (Wildman–Crippen MR) is 135 cm³/mol. The monoisotopic (exact) mass is 505 g/mol. The molecule has 0 aliphatic carbocycles. The van der Waals surface area contributed by atoms with Crippen molar-refractivity contribution in [1.29, 1.82) is 0 Å². The third-order valence-corrected chi connectivity index (χ3v) is 5.86. The van der Waals surface area contributed by atoms with Crippen LogP contribution in [0.5, 0.6) is 0 Å². The normalized spacial score (nSPS) is 11.5. The van der Waals surface area contributed by atoms with Gasteiger partial charge in [0.25, 0.3) is 0 Å². The topological polar surface area (TPSA) is 72.4 Å². The van der Waals surface area contributed by atoms with Crippen molar-refractivity contribution in [2.45, 2.75) is 19.1 Å². The van der Waals surface area contributed by atoms with Crippen LogP contribution in [0, 0.1) is 0 Å². The summed E-state index contributed by atoms with van der Waals surface area (Å²) in [6.07, 6.45) is 3.17. The molecule has 0 fully saturated rings. The lowest BCUT2D eigenvalue weighted by Crippen LogP contribution is -2.39. The first kappa shape index (κ1) is 24.4. The van der Waals surface area contributed by atoms with Crippen LogP contribution in [0.2, 0.25) is 10.2 Å². The maximum atomic E-state index is 13.9. The third-order valence-electron chi connectivity index (χ3n) is 5.26. The third kappa shape index (κ3) is 6.23. The summed E-state index contributed by atoms with van der Waals surface area (Å²) in [4.78, 5) is 37.2. The minimum absolute atomic E-state index is 0.0557. The second kappa shape index (κ2) is 11.6. The summed E-state index contributed by atoms with van der Waals surface area (Å²) >= 11 is 12.1. The van der Waals surface area contributed by atoms with E-state index in [2.05, 4.69) is 9.97 Å². The summed E-state index contributed by atoms with van der Waals surface area (Å²) in [5.74, 6) is -1.97. The van der Waals surface area contributed by atoms with Crippen molar-refractivity contribution >= 4 is 40.9 Å². The van der Waals surface area contributed by atoms with E-state index in [1.165, 1.54) is 4.90 Å². The first-order chi connectivity index (χ1) is 17.0. The average Bonchev–Trinajstić information content (AvgIpc) is 2.89. The van der Waals surface area contributed by atoms with Crippen molar-refractivity contribution < 1.29 is 14.3 Å². The molecule has 1 atom stereocenters. The molecule has 0 saturated heterocycles. The van der Waals surface area contributed by atoms with Gasteiger partial charge < -0.3 is 4.74 Å². The van der Waals surface area contributed by atoms with Gasteiger partial charge in [0.05, 0.1) is 6.54 Å². The highest BCUT2D eigenvalue weighted by Gasteiger charge is 2.35. The van der Waals surface area contributed by atoms with Gasteiger partial charge in [-0.15, -0.1) is 0 Å². The molecule has 176 valence electrons. The second-order valence-corrected chi connectivity index (χ2v) is 8.44. The Hall–Kier alpha value is -3.74.